The third-order valence-corrected chi connectivity index (χ3v) is 5.04. The Bertz CT molecular complexity index is 604. The van der Waals surface area contributed by atoms with Gasteiger partial charge in [-0.3, -0.25) is 19.4 Å². The summed E-state index contributed by atoms with van der Waals surface area (Å²) < 4.78 is 5.32. The lowest BCUT2D eigenvalue weighted by Crippen LogP contribution is -2.50. The standard InChI is InChI=1S/C19H28N4O3/c1-20-19(25)16-12-23(11-15-5-3-2-4-6-15)13-17(16)21-18(24)14-22-7-9-26-10-8-22/h2-6,16-17H,7-14H2,1H3,(H,20,25)(H,21,24)/t16-,17-/m0/s1. The maximum atomic E-state index is 12.4. The van der Waals surface area contributed by atoms with Crippen molar-refractivity contribution in [2.24, 2.45) is 5.92 Å². The van der Waals surface area contributed by atoms with Gasteiger partial charge in [-0.05, 0) is 5.56 Å². The van der Waals surface area contributed by atoms with Crippen molar-refractivity contribution < 1.29 is 14.3 Å². The zero-order chi connectivity index (χ0) is 18.4. The summed E-state index contributed by atoms with van der Waals surface area (Å²) in [7, 11) is 1.65. The number of ether oxygens (including phenoxy) is 1. The second-order valence-corrected chi connectivity index (χ2v) is 6.96. The molecule has 0 aliphatic carbocycles. The van der Waals surface area contributed by atoms with Crippen molar-refractivity contribution in [3.63, 3.8) is 0 Å². The second-order valence-electron chi connectivity index (χ2n) is 6.96. The Morgan fingerprint density at radius 1 is 1.12 bits per heavy atom. The van der Waals surface area contributed by atoms with Gasteiger partial charge in [-0.15, -0.1) is 0 Å². The van der Waals surface area contributed by atoms with Crippen LogP contribution in [-0.4, -0.2) is 80.6 Å². The molecule has 2 aliphatic heterocycles. The molecule has 142 valence electrons. The van der Waals surface area contributed by atoms with Gasteiger partial charge < -0.3 is 15.4 Å². The van der Waals surface area contributed by atoms with E-state index >= 15 is 0 Å². The van der Waals surface area contributed by atoms with Crippen LogP contribution in [0.4, 0.5) is 0 Å². The molecule has 0 spiro atoms. The van der Waals surface area contributed by atoms with Crippen molar-refractivity contribution in [1.82, 2.24) is 20.4 Å². The molecule has 2 heterocycles. The maximum absolute atomic E-state index is 12.4. The Morgan fingerprint density at radius 3 is 2.54 bits per heavy atom. The molecule has 2 aliphatic rings. The molecule has 0 unspecified atom stereocenters. The number of carbonyl (C=O) groups is 2. The minimum atomic E-state index is -0.225. The highest BCUT2D eigenvalue weighted by Gasteiger charge is 2.38. The summed E-state index contributed by atoms with van der Waals surface area (Å²) >= 11 is 0. The Labute approximate surface area is 154 Å². The Kier molecular flexibility index (Phi) is 6.60. The predicted molar refractivity (Wildman–Crippen MR) is 98.5 cm³/mol. The number of nitrogens with one attached hydrogen (secondary N) is 2. The van der Waals surface area contributed by atoms with E-state index in [2.05, 4.69) is 32.6 Å². The van der Waals surface area contributed by atoms with Crippen molar-refractivity contribution >= 4 is 11.8 Å². The van der Waals surface area contributed by atoms with Gasteiger partial charge >= 0.3 is 0 Å². The molecule has 1 aromatic rings. The summed E-state index contributed by atoms with van der Waals surface area (Å²) in [5.41, 5.74) is 1.21. The quantitative estimate of drug-likeness (QED) is 0.728. The molecule has 2 atom stereocenters. The van der Waals surface area contributed by atoms with Gasteiger partial charge in [0.1, 0.15) is 0 Å². The van der Waals surface area contributed by atoms with Gasteiger partial charge in [0, 0.05) is 39.8 Å². The average molecular weight is 360 g/mol. The smallest absolute Gasteiger partial charge is 0.234 e. The second kappa shape index (κ2) is 9.12. The highest BCUT2D eigenvalue weighted by molar-refractivity contribution is 5.82. The SMILES string of the molecule is CNC(=O)[C@H]1CN(Cc2ccccc2)C[C@@H]1NC(=O)CN1CCOCC1. The van der Waals surface area contributed by atoms with Gasteiger partial charge in [-0.1, -0.05) is 30.3 Å². The molecule has 7 nitrogen and oxygen atoms in total. The monoisotopic (exact) mass is 360 g/mol. The maximum Gasteiger partial charge on any atom is 0.234 e. The molecule has 7 heteroatoms. The number of hydrogen-bond acceptors (Lipinski definition) is 5. The van der Waals surface area contributed by atoms with E-state index in [-0.39, 0.29) is 23.8 Å². The number of nitrogens with zero attached hydrogens (tertiary/aromatic N) is 2. The fraction of sp³-hybridized carbons (Fsp3) is 0.579. The van der Waals surface area contributed by atoms with Crippen LogP contribution in [0.3, 0.4) is 0 Å². The molecular weight excluding hydrogens is 332 g/mol. The first-order chi connectivity index (χ1) is 12.7. The van der Waals surface area contributed by atoms with Crippen molar-refractivity contribution in [2.75, 3.05) is 53.0 Å². The van der Waals surface area contributed by atoms with Crippen LogP contribution in [-0.2, 0) is 20.9 Å². The van der Waals surface area contributed by atoms with E-state index in [0.29, 0.717) is 32.8 Å². The van der Waals surface area contributed by atoms with E-state index in [4.69, 9.17) is 4.74 Å². The van der Waals surface area contributed by atoms with Gasteiger partial charge in [0.15, 0.2) is 0 Å². The molecule has 0 radical (unpaired) electrons. The summed E-state index contributed by atoms with van der Waals surface area (Å²) in [5, 5.41) is 5.82. The van der Waals surface area contributed by atoms with E-state index in [1.165, 1.54) is 5.56 Å². The number of amides is 2. The van der Waals surface area contributed by atoms with E-state index in [9.17, 15) is 9.59 Å². The van der Waals surface area contributed by atoms with Gasteiger partial charge in [-0.25, -0.2) is 0 Å². The molecule has 26 heavy (non-hydrogen) atoms. The van der Waals surface area contributed by atoms with Gasteiger partial charge in [0.25, 0.3) is 0 Å². The summed E-state index contributed by atoms with van der Waals surface area (Å²) in [6.07, 6.45) is 0. The summed E-state index contributed by atoms with van der Waals surface area (Å²) in [4.78, 5) is 29.0. The first-order valence-corrected chi connectivity index (χ1v) is 9.23. The van der Waals surface area contributed by atoms with Crippen LogP contribution in [0, 0.1) is 5.92 Å². The van der Waals surface area contributed by atoms with Gasteiger partial charge in [-0.2, -0.15) is 0 Å². The lowest BCUT2D eigenvalue weighted by atomic mass is 10.0. The fourth-order valence-electron chi connectivity index (χ4n) is 3.67. The van der Waals surface area contributed by atoms with E-state index < -0.39 is 0 Å². The molecule has 2 fully saturated rings. The zero-order valence-corrected chi connectivity index (χ0v) is 15.3. The first-order valence-electron chi connectivity index (χ1n) is 9.23. The van der Waals surface area contributed by atoms with Crippen LogP contribution in [0.5, 0.6) is 0 Å². The fourth-order valence-corrected chi connectivity index (χ4v) is 3.67. The summed E-state index contributed by atoms with van der Waals surface area (Å²) in [6.45, 7) is 5.36. The number of carbonyl (C=O) groups excluding carboxylic acids is 2. The Morgan fingerprint density at radius 2 is 1.85 bits per heavy atom. The number of morpholine rings is 1. The Balaban J connectivity index is 1.57. The van der Waals surface area contributed by atoms with Crippen molar-refractivity contribution in [3.8, 4) is 0 Å². The lowest BCUT2D eigenvalue weighted by molar-refractivity contribution is -0.126. The van der Waals surface area contributed by atoms with E-state index in [1.807, 2.05) is 18.2 Å². The highest BCUT2D eigenvalue weighted by atomic mass is 16.5. The van der Waals surface area contributed by atoms with Crippen LogP contribution < -0.4 is 10.6 Å². The van der Waals surface area contributed by atoms with E-state index in [0.717, 1.165) is 19.6 Å². The average Bonchev–Trinajstić information content (AvgIpc) is 3.04. The summed E-state index contributed by atoms with van der Waals surface area (Å²) in [5.74, 6) is -0.262. The minimum absolute atomic E-state index is 0.0164. The molecule has 2 N–H and O–H groups in total. The number of hydrogen-bond donors (Lipinski definition) is 2. The molecular formula is C19H28N4O3. The van der Waals surface area contributed by atoms with Crippen LogP contribution in [0.2, 0.25) is 0 Å². The predicted octanol–water partition coefficient (Wildman–Crippen LogP) is -0.319. The van der Waals surface area contributed by atoms with Crippen LogP contribution in [0.1, 0.15) is 5.56 Å². The normalized spacial score (nSPS) is 24.3. The van der Waals surface area contributed by atoms with Gasteiger partial charge in [0.2, 0.25) is 11.8 Å². The molecule has 0 bridgehead atoms. The number of likely N-dealkylation sites (tertiary alicyclic amines) is 1. The molecule has 2 amide bonds. The third-order valence-electron chi connectivity index (χ3n) is 5.04. The van der Waals surface area contributed by atoms with Crippen LogP contribution in [0.25, 0.3) is 0 Å². The zero-order valence-electron chi connectivity index (χ0n) is 15.3. The Hall–Kier alpha value is -1.96. The van der Waals surface area contributed by atoms with Crippen LogP contribution >= 0.6 is 0 Å². The van der Waals surface area contributed by atoms with Crippen molar-refractivity contribution in [3.05, 3.63) is 35.9 Å². The molecule has 2 saturated heterocycles. The number of benzene rings is 1. The van der Waals surface area contributed by atoms with Crippen molar-refractivity contribution in [2.45, 2.75) is 12.6 Å². The first kappa shape index (κ1) is 18.8. The highest BCUT2D eigenvalue weighted by Crippen LogP contribution is 2.20. The lowest BCUT2D eigenvalue weighted by Gasteiger charge is -2.27. The summed E-state index contributed by atoms with van der Waals surface area (Å²) in [6, 6.07) is 10.0. The molecule has 3 rings (SSSR count). The molecule has 0 saturated carbocycles. The van der Waals surface area contributed by atoms with Gasteiger partial charge in [0.05, 0.1) is 31.7 Å². The van der Waals surface area contributed by atoms with Crippen molar-refractivity contribution in [1.29, 1.82) is 0 Å². The molecule has 1 aromatic carbocycles. The molecule has 0 aromatic heterocycles. The number of rotatable bonds is 6. The minimum Gasteiger partial charge on any atom is -0.379 e. The third kappa shape index (κ3) is 5.03. The topological polar surface area (TPSA) is 73.9 Å². The van der Waals surface area contributed by atoms with E-state index in [1.54, 1.807) is 7.05 Å². The largest absolute Gasteiger partial charge is 0.379 e. The van der Waals surface area contributed by atoms with Crippen LogP contribution in [0.15, 0.2) is 30.3 Å².